The number of para-hydroxylation sites is 1. The molecule has 0 aromatic heterocycles. The summed E-state index contributed by atoms with van der Waals surface area (Å²) in [7, 11) is 0. The highest BCUT2D eigenvalue weighted by Crippen LogP contribution is 2.39. The van der Waals surface area contributed by atoms with E-state index in [4.69, 9.17) is 5.73 Å². The van der Waals surface area contributed by atoms with Crippen LogP contribution in [-0.4, -0.2) is 18.1 Å². The minimum absolute atomic E-state index is 0.0513. The zero-order chi connectivity index (χ0) is 13.5. The van der Waals surface area contributed by atoms with Gasteiger partial charge in [0.25, 0.3) is 0 Å². The highest BCUT2D eigenvalue weighted by molar-refractivity contribution is 5.63. The maximum absolute atomic E-state index is 6.27. The van der Waals surface area contributed by atoms with Gasteiger partial charge in [0.15, 0.2) is 0 Å². The molecule has 1 saturated heterocycles. The highest BCUT2D eigenvalue weighted by atomic mass is 15.2. The summed E-state index contributed by atoms with van der Waals surface area (Å²) in [5.41, 5.74) is 10.5. The number of hydrogen-bond acceptors (Lipinski definition) is 2. The fourth-order valence-electron chi connectivity index (χ4n) is 3.03. The van der Waals surface area contributed by atoms with Crippen molar-refractivity contribution in [2.75, 3.05) is 11.4 Å². The van der Waals surface area contributed by atoms with Crippen LogP contribution in [0.2, 0.25) is 0 Å². The fourth-order valence-corrected chi connectivity index (χ4v) is 3.03. The van der Waals surface area contributed by atoms with Crippen molar-refractivity contribution in [3.8, 4) is 0 Å². The molecule has 2 rings (SSSR count). The van der Waals surface area contributed by atoms with Gasteiger partial charge in [-0.15, -0.1) is 0 Å². The average molecular weight is 246 g/mol. The van der Waals surface area contributed by atoms with Crippen LogP contribution < -0.4 is 10.6 Å². The second-order valence-electron chi connectivity index (χ2n) is 6.37. The van der Waals surface area contributed by atoms with Gasteiger partial charge in [0, 0.05) is 23.8 Å². The lowest BCUT2D eigenvalue weighted by molar-refractivity contribution is 0.452. The molecular weight excluding hydrogens is 220 g/mol. The second kappa shape index (κ2) is 4.58. The number of hydrogen-bond donors (Lipinski definition) is 1. The van der Waals surface area contributed by atoms with E-state index in [9.17, 15) is 0 Å². The van der Waals surface area contributed by atoms with E-state index >= 15 is 0 Å². The van der Waals surface area contributed by atoms with Crippen LogP contribution in [0.4, 0.5) is 5.69 Å². The smallest absolute Gasteiger partial charge is 0.0497 e. The highest BCUT2D eigenvalue weighted by Gasteiger charge is 2.40. The van der Waals surface area contributed by atoms with Crippen LogP contribution in [0.1, 0.15) is 51.2 Å². The van der Waals surface area contributed by atoms with Crippen molar-refractivity contribution in [2.24, 2.45) is 5.73 Å². The van der Waals surface area contributed by atoms with Crippen molar-refractivity contribution in [1.29, 1.82) is 0 Å². The van der Waals surface area contributed by atoms with Crippen molar-refractivity contribution in [3.63, 3.8) is 0 Å². The van der Waals surface area contributed by atoms with E-state index in [1.54, 1.807) is 0 Å². The molecule has 0 bridgehead atoms. The van der Waals surface area contributed by atoms with Gasteiger partial charge in [0.1, 0.15) is 0 Å². The van der Waals surface area contributed by atoms with E-state index < -0.39 is 0 Å². The first kappa shape index (κ1) is 13.4. The molecule has 1 fully saturated rings. The Hall–Kier alpha value is -1.02. The summed E-state index contributed by atoms with van der Waals surface area (Å²) >= 11 is 0. The third-order valence-corrected chi connectivity index (χ3v) is 4.43. The molecule has 2 N–H and O–H groups in total. The predicted molar refractivity (Wildman–Crippen MR) is 79.3 cm³/mol. The Labute approximate surface area is 111 Å². The third-order valence-electron chi connectivity index (χ3n) is 4.43. The quantitative estimate of drug-likeness (QED) is 0.866. The Kier molecular flexibility index (Phi) is 3.41. The molecule has 0 saturated carbocycles. The average Bonchev–Trinajstić information content (AvgIpc) is 2.54. The van der Waals surface area contributed by atoms with Crippen LogP contribution in [0.25, 0.3) is 0 Å². The molecule has 1 aromatic carbocycles. The molecule has 100 valence electrons. The number of nitrogens with zero attached hydrogens (tertiary/aromatic N) is 1. The fraction of sp³-hybridized carbons (Fsp3) is 0.625. The van der Waals surface area contributed by atoms with Crippen LogP contribution in [0.3, 0.4) is 0 Å². The summed E-state index contributed by atoms with van der Waals surface area (Å²) in [5.74, 6) is 0.549. The molecule has 18 heavy (non-hydrogen) atoms. The van der Waals surface area contributed by atoms with Gasteiger partial charge in [-0.25, -0.2) is 0 Å². The maximum Gasteiger partial charge on any atom is 0.0497 e. The summed E-state index contributed by atoms with van der Waals surface area (Å²) in [5, 5.41) is 0. The van der Waals surface area contributed by atoms with E-state index in [2.05, 4.69) is 57.7 Å². The van der Waals surface area contributed by atoms with E-state index in [-0.39, 0.29) is 11.6 Å². The molecule has 1 aromatic rings. The first-order valence-electron chi connectivity index (χ1n) is 6.98. The number of nitrogens with two attached hydrogens (primary N) is 1. The molecule has 1 atom stereocenters. The third kappa shape index (κ3) is 2.03. The van der Waals surface area contributed by atoms with Gasteiger partial charge >= 0.3 is 0 Å². The van der Waals surface area contributed by atoms with Gasteiger partial charge in [-0.3, -0.25) is 0 Å². The minimum Gasteiger partial charge on any atom is -0.364 e. The Bertz CT molecular complexity index is 435. The second-order valence-corrected chi connectivity index (χ2v) is 6.37. The number of anilines is 1. The van der Waals surface area contributed by atoms with Crippen molar-refractivity contribution >= 4 is 5.69 Å². The van der Waals surface area contributed by atoms with Gasteiger partial charge in [-0.1, -0.05) is 32.0 Å². The van der Waals surface area contributed by atoms with Crippen LogP contribution in [0, 0.1) is 6.92 Å². The summed E-state index contributed by atoms with van der Waals surface area (Å²) < 4.78 is 0. The normalized spacial score (nSPS) is 22.8. The largest absolute Gasteiger partial charge is 0.364 e. The zero-order valence-electron chi connectivity index (χ0n) is 12.3. The van der Waals surface area contributed by atoms with Crippen LogP contribution in [0.15, 0.2) is 18.2 Å². The number of rotatable bonds is 2. The summed E-state index contributed by atoms with van der Waals surface area (Å²) in [6, 6.07) is 6.89. The SMILES string of the molecule is Cc1cccc(C(C)C)c1N1CCC(N)C1(C)C. The van der Waals surface area contributed by atoms with E-state index in [1.165, 1.54) is 16.8 Å². The lowest BCUT2D eigenvalue weighted by Gasteiger charge is -2.39. The molecule has 0 spiro atoms. The topological polar surface area (TPSA) is 29.3 Å². The molecule has 1 heterocycles. The molecule has 0 amide bonds. The minimum atomic E-state index is 0.0513. The lowest BCUT2D eigenvalue weighted by atomic mass is 9.92. The van der Waals surface area contributed by atoms with Gasteiger partial charge in [-0.2, -0.15) is 0 Å². The van der Waals surface area contributed by atoms with Gasteiger partial charge < -0.3 is 10.6 Å². The van der Waals surface area contributed by atoms with Gasteiger partial charge in [0.2, 0.25) is 0 Å². The predicted octanol–water partition coefficient (Wildman–Crippen LogP) is 3.43. The molecule has 0 radical (unpaired) electrons. The Morgan fingerprint density at radius 1 is 1.33 bits per heavy atom. The van der Waals surface area contributed by atoms with Crippen molar-refractivity contribution in [3.05, 3.63) is 29.3 Å². The van der Waals surface area contributed by atoms with Crippen LogP contribution in [-0.2, 0) is 0 Å². The molecule has 1 aliphatic rings. The summed E-state index contributed by atoms with van der Waals surface area (Å²) in [6.07, 6.45) is 1.08. The molecule has 1 unspecified atom stereocenters. The van der Waals surface area contributed by atoms with E-state index in [0.29, 0.717) is 5.92 Å². The zero-order valence-corrected chi connectivity index (χ0v) is 12.3. The van der Waals surface area contributed by atoms with Crippen molar-refractivity contribution in [1.82, 2.24) is 0 Å². The lowest BCUT2D eigenvalue weighted by Crippen LogP contribution is -2.49. The first-order valence-corrected chi connectivity index (χ1v) is 6.98. The van der Waals surface area contributed by atoms with E-state index in [1.807, 2.05) is 0 Å². The van der Waals surface area contributed by atoms with Crippen molar-refractivity contribution in [2.45, 2.75) is 58.5 Å². The monoisotopic (exact) mass is 246 g/mol. The Balaban J connectivity index is 2.51. The molecule has 1 aliphatic heterocycles. The standard InChI is InChI=1S/C16H26N2/c1-11(2)13-8-6-7-12(3)15(13)18-10-9-14(17)16(18,4)5/h6-8,11,14H,9-10,17H2,1-5H3. The van der Waals surface area contributed by atoms with Crippen molar-refractivity contribution < 1.29 is 0 Å². The van der Waals surface area contributed by atoms with Gasteiger partial charge in [-0.05, 0) is 44.2 Å². The molecule has 2 nitrogen and oxygen atoms in total. The van der Waals surface area contributed by atoms with Gasteiger partial charge in [0.05, 0.1) is 0 Å². The molecular formula is C16H26N2. The maximum atomic E-state index is 6.27. The Morgan fingerprint density at radius 3 is 2.50 bits per heavy atom. The first-order chi connectivity index (χ1) is 8.35. The number of aryl methyl sites for hydroxylation is 1. The summed E-state index contributed by atoms with van der Waals surface area (Å²) in [4.78, 5) is 2.52. The van der Waals surface area contributed by atoms with Crippen LogP contribution in [0.5, 0.6) is 0 Å². The number of benzene rings is 1. The Morgan fingerprint density at radius 2 is 2.00 bits per heavy atom. The van der Waals surface area contributed by atoms with Crippen LogP contribution >= 0.6 is 0 Å². The molecule has 0 aliphatic carbocycles. The molecule has 2 heteroatoms. The summed E-state index contributed by atoms with van der Waals surface area (Å²) in [6.45, 7) is 12.3. The van der Waals surface area contributed by atoms with E-state index in [0.717, 1.165) is 13.0 Å².